The lowest BCUT2D eigenvalue weighted by atomic mass is 9.94. The average molecular weight is 472 g/mol. The molecular formula is C22H22FN5O4S. The predicted molar refractivity (Wildman–Crippen MR) is 120 cm³/mol. The lowest BCUT2D eigenvalue weighted by Gasteiger charge is -2.25. The molecule has 0 radical (unpaired) electrons. The third-order valence-electron chi connectivity index (χ3n) is 5.36. The molecule has 0 unspecified atom stereocenters. The van der Waals surface area contributed by atoms with E-state index in [4.69, 9.17) is 0 Å². The molecule has 1 aliphatic heterocycles. The summed E-state index contributed by atoms with van der Waals surface area (Å²) in [4.78, 5) is 31.9. The zero-order valence-corrected chi connectivity index (χ0v) is 18.8. The molecule has 0 atom stereocenters. The van der Waals surface area contributed by atoms with E-state index in [2.05, 4.69) is 20.0 Å². The Morgan fingerprint density at radius 1 is 1.21 bits per heavy atom. The maximum absolute atomic E-state index is 13.4. The molecule has 172 valence electrons. The summed E-state index contributed by atoms with van der Waals surface area (Å²) in [5, 5.41) is 2.63. The number of rotatable bonds is 6. The molecule has 3 N–H and O–H groups in total. The van der Waals surface area contributed by atoms with Crippen LogP contribution in [0.15, 0.2) is 42.6 Å². The monoisotopic (exact) mass is 471 g/mol. The third kappa shape index (κ3) is 4.70. The molecule has 1 aliphatic rings. The number of hydrogen-bond acceptors (Lipinski definition) is 5. The van der Waals surface area contributed by atoms with Gasteiger partial charge in [-0.1, -0.05) is 12.1 Å². The number of halogens is 1. The summed E-state index contributed by atoms with van der Waals surface area (Å²) in [5.41, 5.74) is 3.62. The van der Waals surface area contributed by atoms with Gasteiger partial charge in [0.05, 0.1) is 18.8 Å². The van der Waals surface area contributed by atoms with E-state index < -0.39 is 10.2 Å². The van der Waals surface area contributed by atoms with Crippen LogP contribution in [-0.4, -0.2) is 48.0 Å². The highest BCUT2D eigenvalue weighted by molar-refractivity contribution is 7.87. The summed E-state index contributed by atoms with van der Waals surface area (Å²) in [5.74, 6) is -0.648. The highest BCUT2D eigenvalue weighted by atomic mass is 32.2. The predicted octanol–water partition coefficient (Wildman–Crippen LogP) is 2.23. The topological polar surface area (TPSA) is 124 Å². The first-order valence-corrected chi connectivity index (χ1v) is 11.6. The van der Waals surface area contributed by atoms with Crippen molar-refractivity contribution in [3.8, 4) is 11.3 Å². The SMILES string of the molecule is CNS(=O)(=O)N1CC(=O)c2c([nH]c(-c3ccnc(NC(C)=O)c3)c2Cc2ccc(F)cc2)C1. The molecule has 1 aromatic carbocycles. The second kappa shape index (κ2) is 8.85. The number of hydrogen-bond donors (Lipinski definition) is 3. The summed E-state index contributed by atoms with van der Waals surface area (Å²) in [6, 6.07) is 9.36. The Bertz CT molecular complexity index is 1340. The number of pyridine rings is 1. The summed E-state index contributed by atoms with van der Waals surface area (Å²) >= 11 is 0. The number of anilines is 1. The minimum Gasteiger partial charge on any atom is -0.356 e. The number of carbonyl (C=O) groups is 2. The molecule has 11 heteroatoms. The fourth-order valence-electron chi connectivity index (χ4n) is 3.89. The van der Waals surface area contributed by atoms with E-state index in [0.29, 0.717) is 40.3 Å². The molecule has 0 aliphatic carbocycles. The molecule has 0 saturated heterocycles. The van der Waals surface area contributed by atoms with Crippen molar-refractivity contribution >= 4 is 27.7 Å². The highest BCUT2D eigenvalue weighted by Crippen LogP contribution is 2.34. The number of Topliss-reactive ketones (excluding diaryl/α,β-unsaturated/α-hetero) is 1. The number of H-pyrrole nitrogens is 1. The summed E-state index contributed by atoms with van der Waals surface area (Å²) < 4.78 is 41.3. The maximum Gasteiger partial charge on any atom is 0.279 e. The minimum absolute atomic E-state index is 0.00962. The Morgan fingerprint density at radius 3 is 2.61 bits per heavy atom. The number of amides is 1. The molecule has 3 heterocycles. The number of nitrogens with one attached hydrogen (secondary N) is 3. The van der Waals surface area contributed by atoms with Gasteiger partial charge in [-0.15, -0.1) is 0 Å². The first kappa shape index (κ1) is 22.8. The molecule has 33 heavy (non-hydrogen) atoms. The van der Waals surface area contributed by atoms with E-state index in [-0.39, 0.29) is 30.6 Å². The number of ketones is 1. The maximum atomic E-state index is 13.4. The lowest BCUT2D eigenvalue weighted by molar-refractivity contribution is -0.114. The number of nitrogens with zero attached hydrogens (tertiary/aromatic N) is 2. The van der Waals surface area contributed by atoms with E-state index in [1.54, 1.807) is 24.3 Å². The summed E-state index contributed by atoms with van der Waals surface area (Å²) in [6.07, 6.45) is 1.85. The van der Waals surface area contributed by atoms with Gasteiger partial charge in [-0.05, 0) is 35.4 Å². The van der Waals surface area contributed by atoms with Crippen LogP contribution >= 0.6 is 0 Å². The zero-order valence-electron chi connectivity index (χ0n) is 18.0. The molecule has 4 rings (SSSR count). The first-order valence-electron chi connectivity index (χ1n) is 10.1. The molecule has 3 aromatic rings. The quantitative estimate of drug-likeness (QED) is 0.509. The number of aromatic amines is 1. The van der Waals surface area contributed by atoms with Gasteiger partial charge in [0, 0.05) is 43.4 Å². The fourth-order valence-corrected chi connectivity index (χ4v) is 4.73. The fraction of sp³-hybridized carbons (Fsp3) is 0.227. The molecule has 0 fully saturated rings. The van der Waals surface area contributed by atoms with Gasteiger partial charge in [0.2, 0.25) is 5.91 Å². The van der Waals surface area contributed by atoms with Gasteiger partial charge in [0.1, 0.15) is 11.6 Å². The van der Waals surface area contributed by atoms with Gasteiger partial charge in [0.15, 0.2) is 5.78 Å². The van der Waals surface area contributed by atoms with Crippen LogP contribution in [0.2, 0.25) is 0 Å². The average Bonchev–Trinajstić information content (AvgIpc) is 3.14. The summed E-state index contributed by atoms with van der Waals surface area (Å²) in [7, 11) is -2.52. The number of benzene rings is 1. The number of carbonyl (C=O) groups excluding carboxylic acids is 2. The van der Waals surface area contributed by atoms with Crippen molar-refractivity contribution in [3.05, 3.63) is 70.8 Å². The van der Waals surface area contributed by atoms with Crippen molar-refractivity contribution in [2.75, 3.05) is 18.9 Å². The molecule has 1 amide bonds. The highest BCUT2D eigenvalue weighted by Gasteiger charge is 2.35. The first-order chi connectivity index (χ1) is 15.7. The molecule has 0 saturated carbocycles. The minimum atomic E-state index is -3.81. The Balaban J connectivity index is 1.84. The Hall–Kier alpha value is -3.41. The van der Waals surface area contributed by atoms with Gasteiger partial charge >= 0.3 is 0 Å². The van der Waals surface area contributed by atoms with Crippen LogP contribution in [0.5, 0.6) is 0 Å². The van der Waals surface area contributed by atoms with Crippen molar-refractivity contribution in [1.29, 1.82) is 0 Å². The number of fused-ring (bicyclic) bond motifs is 1. The van der Waals surface area contributed by atoms with Crippen molar-refractivity contribution in [2.24, 2.45) is 0 Å². The van der Waals surface area contributed by atoms with Crippen LogP contribution in [0.25, 0.3) is 11.3 Å². The van der Waals surface area contributed by atoms with E-state index >= 15 is 0 Å². The zero-order chi connectivity index (χ0) is 23.8. The molecule has 0 spiro atoms. The second-order valence-corrected chi connectivity index (χ2v) is 9.52. The van der Waals surface area contributed by atoms with Gasteiger partial charge in [-0.3, -0.25) is 9.59 Å². The van der Waals surface area contributed by atoms with Crippen molar-refractivity contribution in [2.45, 2.75) is 19.9 Å². The van der Waals surface area contributed by atoms with E-state index in [1.165, 1.54) is 32.3 Å². The molecule has 9 nitrogen and oxygen atoms in total. The Kier molecular flexibility index (Phi) is 6.11. The van der Waals surface area contributed by atoms with Crippen LogP contribution in [0.4, 0.5) is 10.2 Å². The van der Waals surface area contributed by atoms with Crippen LogP contribution in [0.3, 0.4) is 0 Å². The smallest absolute Gasteiger partial charge is 0.279 e. The van der Waals surface area contributed by atoms with Gasteiger partial charge in [0.25, 0.3) is 10.2 Å². The molecule has 0 bridgehead atoms. The van der Waals surface area contributed by atoms with Crippen LogP contribution in [0.1, 0.15) is 34.1 Å². The van der Waals surface area contributed by atoms with Crippen LogP contribution < -0.4 is 10.0 Å². The van der Waals surface area contributed by atoms with Gasteiger partial charge in [-0.25, -0.2) is 14.1 Å². The number of aromatic nitrogens is 2. The van der Waals surface area contributed by atoms with E-state index in [9.17, 15) is 22.4 Å². The normalized spacial score (nSPS) is 14.2. The van der Waals surface area contributed by atoms with Crippen molar-refractivity contribution in [1.82, 2.24) is 19.0 Å². The van der Waals surface area contributed by atoms with E-state index in [1.807, 2.05) is 0 Å². The van der Waals surface area contributed by atoms with Crippen molar-refractivity contribution < 1.29 is 22.4 Å². The largest absolute Gasteiger partial charge is 0.356 e. The summed E-state index contributed by atoms with van der Waals surface area (Å²) in [6.45, 7) is 1.07. The Labute approximate surface area is 190 Å². The molecule has 2 aromatic heterocycles. The van der Waals surface area contributed by atoms with Gasteiger partial charge < -0.3 is 10.3 Å². The van der Waals surface area contributed by atoms with Crippen LogP contribution in [0, 0.1) is 5.82 Å². The molecular weight excluding hydrogens is 449 g/mol. The third-order valence-corrected chi connectivity index (χ3v) is 6.81. The lowest BCUT2D eigenvalue weighted by Crippen LogP contribution is -2.44. The standard InChI is InChI=1S/C22H22FN5O4S/c1-13(29)26-20-10-15(7-8-25-20)22-17(9-14-3-5-16(23)6-4-14)21-18(27-22)11-28(12-19(21)30)33(31,32)24-2/h3-8,10,24,27H,9,11-12H2,1-2H3,(H,25,26,29). The second-order valence-electron chi connectivity index (χ2n) is 7.65. The van der Waals surface area contributed by atoms with Crippen LogP contribution in [-0.2, 0) is 28.0 Å². The Morgan fingerprint density at radius 2 is 1.94 bits per heavy atom. The van der Waals surface area contributed by atoms with Crippen molar-refractivity contribution in [3.63, 3.8) is 0 Å². The van der Waals surface area contributed by atoms with Gasteiger partial charge in [-0.2, -0.15) is 12.7 Å². The van der Waals surface area contributed by atoms with E-state index in [0.717, 1.165) is 9.87 Å².